The molecule has 0 aromatic carbocycles. The van der Waals surface area contributed by atoms with Gasteiger partial charge in [0.05, 0.1) is 5.92 Å². The third-order valence-corrected chi connectivity index (χ3v) is 1.92. The molecule has 3 nitrogen and oxygen atoms in total. The second kappa shape index (κ2) is 6.40. The first kappa shape index (κ1) is 14.4. The monoisotopic (exact) mass is 436 g/mol. The molecule has 0 bridgehead atoms. The fourth-order valence-electron chi connectivity index (χ4n) is 1.26. The van der Waals surface area contributed by atoms with E-state index in [9.17, 15) is 9.59 Å². The topological polar surface area (TPSA) is 54.4 Å². The molecule has 0 aromatic rings. The predicted molar refractivity (Wildman–Crippen MR) is 50.5 cm³/mol. The summed E-state index contributed by atoms with van der Waals surface area (Å²) in [5, 5.41) is 8.64. The second-order valence-electron chi connectivity index (χ2n) is 2.78. The predicted octanol–water partition coefficient (Wildman–Crippen LogP) is 2.02. The summed E-state index contributed by atoms with van der Waals surface area (Å²) >= 11 is 0. The molecule has 0 spiro atoms. The number of aliphatic carboxylic acids is 1. The number of carboxylic acid groups (broad SMARTS) is 1. The van der Waals surface area contributed by atoms with Crippen LogP contribution in [0.2, 0.25) is 0 Å². The van der Waals surface area contributed by atoms with Gasteiger partial charge in [0.1, 0.15) is 0 Å². The van der Waals surface area contributed by atoms with Gasteiger partial charge in [0.2, 0.25) is 0 Å². The Morgan fingerprint density at radius 3 is 2.36 bits per heavy atom. The minimum atomic E-state index is -0.828. The first-order valence-corrected chi connectivity index (χ1v) is 4.55. The van der Waals surface area contributed by atoms with E-state index in [-0.39, 0.29) is 5.78 Å². The summed E-state index contributed by atoms with van der Waals surface area (Å²) in [6.07, 6.45) is 2.26. The number of carboxylic acids is 1. The Labute approximate surface area is 78.5 Å². The molecule has 0 heterocycles. The fourth-order valence-corrected chi connectivity index (χ4v) is 1.26. The Bertz CT molecular complexity index is 234. The zero-order chi connectivity index (χ0) is 10.4. The van der Waals surface area contributed by atoms with E-state index < -0.39 is 11.9 Å². The van der Waals surface area contributed by atoms with Gasteiger partial charge in [-0.05, 0) is 19.4 Å². The van der Waals surface area contributed by atoms with Crippen molar-refractivity contribution in [2.45, 2.75) is 33.6 Å². The summed E-state index contributed by atoms with van der Waals surface area (Å²) in [4.78, 5) is 21.3. The van der Waals surface area contributed by atoms with Crippen LogP contribution in [0.5, 0.6) is 0 Å². The molecular weight excluding hydrogens is 420 g/mol. The van der Waals surface area contributed by atoms with Crippen molar-refractivity contribution in [1.29, 1.82) is 0 Å². The molecule has 4 heteroatoms. The standard InChI is InChI=1S/C8H10O3.C2H6.Es/c1-5-4-6(9)2-3-7(5)8(10)11;1-2;/h4,7H,2-3H2,1H3,(H,10,11);1-2H3;/t7-;;/m1../s1. The molecule has 0 amide bonds. The van der Waals surface area contributed by atoms with Gasteiger partial charge in [-0.25, -0.2) is 0 Å². The molecule has 1 radical (unpaired) electrons. The minimum Gasteiger partial charge on any atom is -0.481 e. The average Bonchev–Trinajstić information content (AvgIpc) is 2.07. The van der Waals surface area contributed by atoms with Crippen LogP contribution < -0.4 is 0 Å². The molecule has 1 N–H and O–H groups in total. The quantitative estimate of drug-likeness (QED) is 0.685. The van der Waals surface area contributed by atoms with Crippen molar-refractivity contribution < 1.29 is 14.7 Å². The Hall–Kier alpha value is -2.12. The van der Waals surface area contributed by atoms with E-state index in [1.54, 1.807) is 6.92 Å². The zero-order valence-electron chi connectivity index (χ0n) is 8.63. The van der Waals surface area contributed by atoms with Crippen LogP contribution in [0.3, 0.4) is 0 Å². The smallest absolute Gasteiger partial charge is 0.310 e. The number of allylic oxidation sites excluding steroid dienone is 1. The van der Waals surface area contributed by atoms with E-state index in [4.69, 9.17) is 5.11 Å². The van der Waals surface area contributed by atoms with Gasteiger partial charge in [-0.2, -0.15) is 0 Å². The SMILES string of the molecule is CC.CC1=CC(=O)CC[C@H]1C(=O)O.[Es]. The molecule has 1 rings (SSSR count). The Balaban J connectivity index is 0. The van der Waals surface area contributed by atoms with Gasteiger partial charge in [-0.15, -0.1) is 0 Å². The summed E-state index contributed by atoms with van der Waals surface area (Å²) in [5.41, 5.74) is 0.675. The summed E-state index contributed by atoms with van der Waals surface area (Å²) in [6.45, 7) is 5.69. The van der Waals surface area contributed by atoms with Gasteiger partial charge in [0, 0.05) is 6.42 Å². The van der Waals surface area contributed by atoms with E-state index in [0.29, 0.717) is 18.4 Å². The van der Waals surface area contributed by atoms with E-state index in [1.165, 1.54) is 6.08 Å². The van der Waals surface area contributed by atoms with Crippen molar-refractivity contribution in [2.24, 2.45) is 5.92 Å². The number of ketones is 1. The van der Waals surface area contributed by atoms with Crippen LogP contribution in [0, 0.1) is 5.92 Å². The minimum absolute atomic E-state index is 0. The van der Waals surface area contributed by atoms with Crippen molar-refractivity contribution >= 4 is 11.8 Å². The largest absolute Gasteiger partial charge is 0.481 e. The molecular formula is C10H16EsO3. The van der Waals surface area contributed by atoms with Crippen molar-refractivity contribution in [3.63, 3.8) is 0 Å². The van der Waals surface area contributed by atoms with Gasteiger partial charge in [0.15, 0.2) is 5.78 Å². The third kappa shape index (κ3) is 3.52. The third-order valence-electron chi connectivity index (χ3n) is 1.92. The van der Waals surface area contributed by atoms with E-state index in [0.717, 1.165) is 0 Å². The van der Waals surface area contributed by atoms with Crippen LogP contribution in [0.4, 0.5) is 0 Å². The van der Waals surface area contributed by atoms with Crippen molar-refractivity contribution in [2.75, 3.05) is 0 Å². The summed E-state index contributed by atoms with van der Waals surface area (Å²) in [7, 11) is 0. The Kier molecular flexibility index (Phi) is 6.59. The van der Waals surface area contributed by atoms with Crippen molar-refractivity contribution in [3.8, 4) is 0 Å². The zero-order valence-corrected chi connectivity index (χ0v) is 11.1. The number of hydrogen-bond acceptors (Lipinski definition) is 2. The van der Waals surface area contributed by atoms with Crippen LogP contribution in [0.1, 0.15) is 33.6 Å². The molecule has 0 saturated carbocycles. The molecule has 0 saturated heterocycles. The molecule has 1 aliphatic carbocycles. The van der Waals surface area contributed by atoms with E-state index in [2.05, 4.69) is 0 Å². The maximum Gasteiger partial charge on any atom is 0.310 e. The maximum atomic E-state index is 10.8. The normalized spacial score (nSPS) is 19.8. The summed E-state index contributed by atoms with van der Waals surface area (Å²) in [5.74, 6) is -1.22. The van der Waals surface area contributed by atoms with Crippen LogP contribution >= 0.6 is 0 Å². The van der Waals surface area contributed by atoms with Gasteiger partial charge < -0.3 is 5.11 Å². The first-order valence-electron chi connectivity index (χ1n) is 4.55. The van der Waals surface area contributed by atoms with Crippen LogP contribution in [-0.2, 0) is 9.59 Å². The maximum absolute atomic E-state index is 10.8. The molecule has 0 aromatic heterocycles. The number of hydrogen-bond donors (Lipinski definition) is 1. The fraction of sp³-hybridized carbons (Fsp3) is 0.600. The molecule has 14 heavy (non-hydrogen) atoms. The Morgan fingerprint density at radius 2 is 2.00 bits per heavy atom. The second-order valence-corrected chi connectivity index (χ2v) is 2.78. The van der Waals surface area contributed by atoms with Crippen LogP contribution in [0.15, 0.2) is 11.6 Å². The number of carbonyl (C=O) groups is 2. The Morgan fingerprint density at radius 1 is 1.50 bits per heavy atom. The molecule has 0 unspecified atom stereocenters. The van der Waals surface area contributed by atoms with Gasteiger partial charge in [0.25, 0.3) is 0 Å². The molecule has 0 aliphatic heterocycles. The molecule has 85 valence electrons. The van der Waals surface area contributed by atoms with Gasteiger partial charge in [-0.1, -0.05) is 19.4 Å². The number of rotatable bonds is 1. The van der Waals surface area contributed by atoms with Gasteiger partial charge in [-0.3, -0.25) is 9.59 Å². The first-order chi connectivity index (χ1) is 6.11. The summed E-state index contributed by atoms with van der Waals surface area (Å²) in [6, 6.07) is 0. The number of carbonyl (C=O) groups excluding carboxylic acids is 1. The van der Waals surface area contributed by atoms with E-state index >= 15 is 0 Å². The molecule has 1 atom stereocenters. The van der Waals surface area contributed by atoms with Gasteiger partial charge >= 0.3 is 5.97 Å². The molecule has 0 fully saturated rings. The van der Waals surface area contributed by atoms with Crippen LogP contribution in [-0.4, -0.2) is 16.9 Å². The average molecular weight is 436 g/mol. The van der Waals surface area contributed by atoms with Crippen molar-refractivity contribution in [3.05, 3.63) is 11.6 Å². The van der Waals surface area contributed by atoms with Crippen LogP contribution in [0.25, 0.3) is 0 Å². The van der Waals surface area contributed by atoms with Crippen molar-refractivity contribution in [1.82, 2.24) is 0 Å². The summed E-state index contributed by atoms with van der Waals surface area (Å²) < 4.78 is 0. The van der Waals surface area contributed by atoms with E-state index in [1.807, 2.05) is 13.8 Å². The molecule has 1 aliphatic rings.